The Balaban J connectivity index is 2.32. The van der Waals surface area contributed by atoms with Crippen LogP contribution in [0.25, 0.3) is 0 Å². The number of hydrogen-bond donors (Lipinski definition) is 0. The number of alkyl halides is 1. The van der Waals surface area contributed by atoms with Crippen molar-refractivity contribution in [3.05, 3.63) is 48.0 Å². The number of hydrogen-bond acceptors (Lipinski definition) is 3. The van der Waals surface area contributed by atoms with Crippen molar-refractivity contribution in [2.45, 2.75) is 5.88 Å². The van der Waals surface area contributed by atoms with Crippen LogP contribution >= 0.6 is 11.6 Å². The van der Waals surface area contributed by atoms with Crippen molar-refractivity contribution in [2.24, 2.45) is 0 Å². The molecule has 2 aromatic carbocycles. The highest BCUT2D eigenvalue weighted by Crippen LogP contribution is 2.32. The molecule has 2 rings (SSSR count). The predicted octanol–water partition coefficient (Wildman–Crippen LogP) is 4.23. The SMILES string of the molecule is COc1cc(OC)cc(Oc2ccccc2CCl)c1. The van der Waals surface area contributed by atoms with E-state index in [1.54, 1.807) is 32.4 Å². The maximum absolute atomic E-state index is 5.89. The molecule has 0 heterocycles. The van der Waals surface area contributed by atoms with Crippen molar-refractivity contribution < 1.29 is 14.2 Å². The first-order chi connectivity index (χ1) is 9.26. The summed E-state index contributed by atoms with van der Waals surface area (Å²) in [5, 5.41) is 0. The quantitative estimate of drug-likeness (QED) is 0.766. The van der Waals surface area contributed by atoms with Crippen molar-refractivity contribution in [3.8, 4) is 23.0 Å². The number of para-hydroxylation sites is 1. The molecule has 0 fully saturated rings. The Hall–Kier alpha value is -1.87. The van der Waals surface area contributed by atoms with Crippen LogP contribution in [0.2, 0.25) is 0 Å². The van der Waals surface area contributed by atoms with E-state index in [2.05, 4.69) is 0 Å². The zero-order valence-electron chi connectivity index (χ0n) is 10.9. The molecule has 0 aromatic heterocycles. The van der Waals surface area contributed by atoms with Gasteiger partial charge >= 0.3 is 0 Å². The van der Waals surface area contributed by atoms with E-state index in [1.165, 1.54) is 0 Å². The number of benzene rings is 2. The lowest BCUT2D eigenvalue weighted by atomic mass is 10.2. The lowest BCUT2D eigenvalue weighted by Gasteiger charge is -2.12. The lowest BCUT2D eigenvalue weighted by molar-refractivity contribution is 0.386. The fourth-order valence-corrected chi connectivity index (χ4v) is 1.90. The average molecular weight is 279 g/mol. The molecule has 0 unspecified atom stereocenters. The van der Waals surface area contributed by atoms with Gasteiger partial charge in [0.15, 0.2) is 0 Å². The number of halogens is 1. The van der Waals surface area contributed by atoms with E-state index >= 15 is 0 Å². The van der Waals surface area contributed by atoms with Crippen LogP contribution in [0, 0.1) is 0 Å². The van der Waals surface area contributed by atoms with Gasteiger partial charge in [-0.05, 0) is 6.07 Å². The van der Waals surface area contributed by atoms with Gasteiger partial charge < -0.3 is 14.2 Å². The second kappa shape index (κ2) is 6.34. The zero-order valence-corrected chi connectivity index (χ0v) is 11.6. The first-order valence-electron chi connectivity index (χ1n) is 5.81. The van der Waals surface area contributed by atoms with E-state index in [1.807, 2.05) is 24.3 Å². The van der Waals surface area contributed by atoms with Crippen LogP contribution in [0.5, 0.6) is 23.0 Å². The molecule has 0 bridgehead atoms. The van der Waals surface area contributed by atoms with Gasteiger partial charge in [0.2, 0.25) is 0 Å². The predicted molar refractivity (Wildman–Crippen MR) is 75.6 cm³/mol. The summed E-state index contributed by atoms with van der Waals surface area (Å²) < 4.78 is 16.3. The van der Waals surface area contributed by atoms with E-state index in [-0.39, 0.29) is 0 Å². The smallest absolute Gasteiger partial charge is 0.134 e. The van der Waals surface area contributed by atoms with Gasteiger partial charge in [-0.3, -0.25) is 0 Å². The molecule has 3 nitrogen and oxygen atoms in total. The lowest BCUT2D eigenvalue weighted by Crippen LogP contribution is -1.92. The molecule has 0 N–H and O–H groups in total. The minimum absolute atomic E-state index is 0.400. The van der Waals surface area contributed by atoms with Gasteiger partial charge in [0.25, 0.3) is 0 Å². The van der Waals surface area contributed by atoms with Gasteiger partial charge in [-0.15, -0.1) is 11.6 Å². The standard InChI is InChI=1S/C15H15ClO3/c1-17-12-7-13(18-2)9-14(8-12)19-15-6-4-3-5-11(15)10-16/h3-9H,10H2,1-2H3. The van der Waals surface area contributed by atoms with Crippen molar-refractivity contribution >= 4 is 11.6 Å². The van der Waals surface area contributed by atoms with Crippen LogP contribution in [0.4, 0.5) is 0 Å². The topological polar surface area (TPSA) is 27.7 Å². The third-order valence-electron chi connectivity index (χ3n) is 2.67. The molecule has 2 aromatic rings. The molecule has 0 saturated carbocycles. The van der Waals surface area contributed by atoms with Gasteiger partial charge in [0, 0.05) is 23.8 Å². The third kappa shape index (κ3) is 3.32. The Morgan fingerprint density at radius 3 is 2.05 bits per heavy atom. The molecule has 4 heteroatoms. The highest BCUT2D eigenvalue weighted by molar-refractivity contribution is 6.17. The van der Waals surface area contributed by atoms with Crippen molar-refractivity contribution in [2.75, 3.05) is 14.2 Å². The molecule has 0 aliphatic carbocycles. The van der Waals surface area contributed by atoms with Gasteiger partial charge in [-0.2, -0.15) is 0 Å². The van der Waals surface area contributed by atoms with Crippen LogP contribution in [-0.2, 0) is 5.88 Å². The van der Waals surface area contributed by atoms with Crippen molar-refractivity contribution in [1.82, 2.24) is 0 Å². The van der Waals surface area contributed by atoms with E-state index in [4.69, 9.17) is 25.8 Å². The summed E-state index contributed by atoms with van der Waals surface area (Å²) in [6.07, 6.45) is 0. The molecule has 100 valence electrons. The molecule has 0 aliphatic heterocycles. The fraction of sp³-hybridized carbons (Fsp3) is 0.200. The zero-order chi connectivity index (χ0) is 13.7. The summed E-state index contributed by atoms with van der Waals surface area (Å²) in [7, 11) is 3.20. The maximum atomic E-state index is 5.89. The Morgan fingerprint density at radius 2 is 1.47 bits per heavy atom. The molecule has 0 amide bonds. The van der Waals surface area contributed by atoms with Gasteiger partial charge in [0.1, 0.15) is 23.0 Å². The molecule has 19 heavy (non-hydrogen) atoms. The van der Waals surface area contributed by atoms with Crippen LogP contribution in [0.1, 0.15) is 5.56 Å². The van der Waals surface area contributed by atoms with Crippen LogP contribution in [0.3, 0.4) is 0 Å². The summed E-state index contributed by atoms with van der Waals surface area (Å²) in [5.41, 5.74) is 0.936. The second-order valence-corrected chi connectivity index (χ2v) is 4.16. The summed E-state index contributed by atoms with van der Waals surface area (Å²) in [5.74, 6) is 3.13. The van der Waals surface area contributed by atoms with Crippen LogP contribution < -0.4 is 14.2 Å². The van der Waals surface area contributed by atoms with E-state index in [0.717, 1.165) is 11.3 Å². The Labute approximate surface area is 117 Å². The van der Waals surface area contributed by atoms with Crippen LogP contribution in [-0.4, -0.2) is 14.2 Å². The van der Waals surface area contributed by atoms with Gasteiger partial charge in [-0.1, -0.05) is 18.2 Å². The summed E-state index contributed by atoms with van der Waals surface area (Å²) in [4.78, 5) is 0. The van der Waals surface area contributed by atoms with E-state index in [9.17, 15) is 0 Å². The third-order valence-corrected chi connectivity index (χ3v) is 2.96. The van der Waals surface area contributed by atoms with Crippen molar-refractivity contribution in [1.29, 1.82) is 0 Å². The minimum atomic E-state index is 0.400. The first-order valence-corrected chi connectivity index (χ1v) is 6.35. The van der Waals surface area contributed by atoms with Crippen molar-refractivity contribution in [3.63, 3.8) is 0 Å². The highest BCUT2D eigenvalue weighted by Gasteiger charge is 2.06. The first kappa shape index (κ1) is 13.6. The average Bonchev–Trinajstić information content (AvgIpc) is 2.47. The molecular formula is C15H15ClO3. The molecule has 0 aliphatic rings. The molecule has 0 atom stereocenters. The Morgan fingerprint density at radius 1 is 0.895 bits per heavy atom. The van der Waals surface area contributed by atoms with E-state index < -0.39 is 0 Å². The van der Waals surface area contributed by atoms with Gasteiger partial charge in [0.05, 0.1) is 20.1 Å². The fourth-order valence-electron chi connectivity index (χ4n) is 1.68. The van der Waals surface area contributed by atoms with Gasteiger partial charge in [-0.25, -0.2) is 0 Å². The van der Waals surface area contributed by atoms with Crippen LogP contribution in [0.15, 0.2) is 42.5 Å². The number of ether oxygens (including phenoxy) is 3. The molecule has 0 spiro atoms. The largest absolute Gasteiger partial charge is 0.496 e. The maximum Gasteiger partial charge on any atom is 0.134 e. The molecule has 0 radical (unpaired) electrons. The summed E-state index contributed by atoms with van der Waals surface area (Å²) in [6.45, 7) is 0. The second-order valence-electron chi connectivity index (χ2n) is 3.89. The summed E-state index contributed by atoms with van der Waals surface area (Å²) >= 11 is 5.89. The van der Waals surface area contributed by atoms with E-state index in [0.29, 0.717) is 23.1 Å². The Bertz CT molecular complexity index is 533. The number of methoxy groups -OCH3 is 2. The Kier molecular flexibility index (Phi) is 4.53. The highest BCUT2D eigenvalue weighted by atomic mass is 35.5. The normalized spacial score (nSPS) is 10.1. The number of rotatable bonds is 5. The molecular weight excluding hydrogens is 264 g/mol. The molecule has 0 saturated heterocycles. The summed E-state index contributed by atoms with van der Waals surface area (Å²) in [6, 6.07) is 13.0. The minimum Gasteiger partial charge on any atom is -0.496 e. The monoisotopic (exact) mass is 278 g/mol.